The van der Waals surface area contributed by atoms with Crippen molar-refractivity contribution in [2.24, 2.45) is 0 Å². The first-order valence-electron chi connectivity index (χ1n) is 9.52. The van der Waals surface area contributed by atoms with E-state index < -0.39 is 23.8 Å². The van der Waals surface area contributed by atoms with Crippen molar-refractivity contribution < 1.29 is 14.4 Å². The van der Waals surface area contributed by atoms with Crippen LogP contribution in [0, 0.1) is 6.92 Å². The lowest BCUT2D eigenvalue weighted by molar-refractivity contribution is -0.119. The molecule has 1 unspecified atom stereocenters. The van der Waals surface area contributed by atoms with Crippen LogP contribution < -0.4 is 10.2 Å². The maximum Gasteiger partial charge on any atom is 0.262 e. The van der Waals surface area contributed by atoms with Gasteiger partial charge < -0.3 is 10.2 Å². The summed E-state index contributed by atoms with van der Waals surface area (Å²) in [6.07, 6.45) is 0. The number of fused-ring (bicyclic) bond motifs is 1. The van der Waals surface area contributed by atoms with Crippen molar-refractivity contribution in [1.82, 2.24) is 4.90 Å². The molecular formula is C22H25N3O3. The largest absolute Gasteiger partial charge is 0.372 e. The Kier molecular flexibility index (Phi) is 5.49. The third kappa shape index (κ3) is 3.38. The van der Waals surface area contributed by atoms with E-state index in [0.717, 1.165) is 29.2 Å². The average molecular weight is 379 g/mol. The molecule has 0 spiro atoms. The highest BCUT2D eigenvalue weighted by Gasteiger charge is 2.40. The van der Waals surface area contributed by atoms with Crippen LogP contribution in [0.1, 0.15) is 47.1 Å². The molecule has 0 radical (unpaired) electrons. The number of carbonyl (C=O) groups is 3. The molecule has 0 fully saturated rings. The standard InChI is InChI=1S/C22H25N3O3/c1-5-24(6-2)16-11-12-19(14(3)13-16)23-20(26)15(4)25-21(27)17-9-7-8-10-18(17)22(25)28/h7-13,15H,5-6H2,1-4H3,(H,23,26). The maximum absolute atomic E-state index is 12.8. The Balaban J connectivity index is 1.77. The van der Waals surface area contributed by atoms with Crippen LogP contribution in [0.25, 0.3) is 0 Å². The molecule has 3 amide bonds. The lowest BCUT2D eigenvalue weighted by Crippen LogP contribution is -2.45. The van der Waals surface area contributed by atoms with Crippen LogP contribution in [0.5, 0.6) is 0 Å². The van der Waals surface area contributed by atoms with Gasteiger partial charge in [-0.1, -0.05) is 12.1 Å². The van der Waals surface area contributed by atoms with Gasteiger partial charge in [0.15, 0.2) is 0 Å². The quantitative estimate of drug-likeness (QED) is 0.781. The molecule has 28 heavy (non-hydrogen) atoms. The molecular weight excluding hydrogens is 354 g/mol. The normalized spacial score (nSPS) is 14.1. The molecule has 6 nitrogen and oxygen atoms in total. The Hall–Kier alpha value is -3.15. The number of nitrogens with zero attached hydrogens (tertiary/aromatic N) is 2. The second-order valence-electron chi connectivity index (χ2n) is 6.86. The Bertz CT molecular complexity index is 899. The average Bonchev–Trinajstić information content (AvgIpc) is 2.95. The first-order chi connectivity index (χ1) is 13.4. The number of hydrogen-bond acceptors (Lipinski definition) is 4. The van der Waals surface area contributed by atoms with Crippen molar-refractivity contribution in [3.8, 4) is 0 Å². The Labute approximate surface area is 165 Å². The molecule has 0 aliphatic carbocycles. The summed E-state index contributed by atoms with van der Waals surface area (Å²) in [4.78, 5) is 41.2. The van der Waals surface area contributed by atoms with E-state index in [1.165, 1.54) is 0 Å². The molecule has 6 heteroatoms. The van der Waals surface area contributed by atoms with E-state index in [9.17, 15) is 14.4 Å². The SMILES string of the molecule is CCN(CC)c1ccc(NC(=O)C(C)N2C(=O)c3ccccc3C2=O)c(C)c1. The van der Waals surface area contributed by atoms with Crippen LogP contribution in [-0.2, 0) is 4.79 Å². The number of carbonyl (C=O) groups excluding carboxylic acids is 3. The van der Waals surface area contributed by atoms with Crippen molar-refractivity contribution in [3.63, 3.8) is 0 Å². The predicted octanol–water partition coefficient (Wildman–Crippen LogP) is 3.46. The molecule has 1 aliphatic heterocycles. The molecule has 0 aromatic heterocycles. The van der Waals surface area contributed by atoms with E-state index in [-0.39, 0.29) is 0 Å². The highest BCUT2D eigenvalue weighted by molar-refractivity contribution is 6.23. The molecule has 146 valence electrons. The summed E-state index contributed by atoms with van der Waals surface area (Å²) in [5, 5.41) is 2.85. The van der Waals surface area contributed by atoms with Gasteiger partial charge in [-0.25, -0.2) is 0 Å². The molecule has 1 heterocycles. The summed E-state index contributed by atoms with van der Waals surface area (Å²) in [5.41, 5.74) is 3.37. The van der Waals surface area contributed by atoms with Crippen LogP contribution in [0.3, 0.4) is 0 Å². The zero-order chi connectivity index (χ0) is 20.4. The first-order valence-corrected chi connectivity index (χ1v) is 9.52. The van der Waals surface area contributed by atoms with Crippen LogP contribution in [0.15, 0.2) is 42.5 Å². The molecule has 2 aromatic carbocycles. The molecule has 0 bridgehead atoms. The number of imide groups is 1. The highest BCUT2D eigenvalue weighted by Crippen LogP contribution is 2.26. The fraction of sp³-hybridized carbons (Fsp3) is 0.318. The third-order valence-corrected chi connectivity index (χ3v) is 5.19. The number of amides is 3. The van der Waals surface area contributed by atoms with Crippen molar-refractivity contribution in [3.05, 3.63) is 59.2 Å². The topological polar surface area (TPSA) is 69.7 Å². The second-order valence-corrected chi connectivity index (χ2v) is 6.86. The molecule has 3 rings (SSSR count). The maximum atomic E-state index is 12.8. The summed E-state index contributed by atoms with van der Waals surface area (Å²) in [5.74, 6) is -1.26. The first kappa shape index (κ1) is 19.6. The molecule has 1 aliphatic rings. The zero-order valence-electron chi connectivity index (χ0n) is 16.7. The number of nitrogens with one attached hydrogen (secondary N) is 1. The van der Waals surface area contributed by atoms with Crippen molar-refractivity contribution in [2.45, 2.75) is 33.7 Å². The van der Waals surface area contributed by atoms with Gasteiger partial charge in [0.2, 0.25) is 5.91 Å². The summed E-state index contributed by atoms with van der Waals surface area (Å²) in [6, 6.07) is 11.6. The summed E-state index contributed by atoms with van der Waals surface area (Å²) < 4.78 is 0. The van der Waals surface area contributed by atoms with Crippen LogP contribution >= 0.6 is 0 Å². The van der Waals surface area contributed by atoms with Crippen LogP contribution in [0.2, 0.25) is 0 Å². The minimum atomic E-state index is -0.908. The molecule has 2 aromatic rings. The van der Waals surface area contributed by atoms with Gasteiger partial charge in [-0.2, -0.15) is 0 Å². The lowest BCUT2D eigenvalue weighted by atomic mass is 10.1. The van der Waals surface area contributed by atoms with Gasteiger partial charge in [0.05, 0.1) is 11.1 Å². The van der Waals surface area contributed by atoms with E-state index in [1.807, 2.05) is 25.1 Å². The molecule has 1 atom stereocenters. The minimum Gasteiger partial charge on any atom is -0.372 e. The minimum absolute atomic E-state index is 0.340. The number of anilines is 2. The van der Waals surface area contributed by atoms with Crippen molar-refractivity contribution >= 4 is 29.1 Å². The summed E-state index contributed by atoms with van der Waals surface area (Å²) >= 11 is 0. The van der Waals surface area contributed by atoms with E-state index in [1.54, 1.807) is 31.2 Å². The van der Waals surface area contributed by atoms with Crippen molar-refractivity contribution in [2.75, 3.05) is 23.3 Å². The van der Waals surface area contributed by atoms with Gasteiger partial charge in [0.25, 0.3) is 11.8 Å². The zero-order valence-corrected chi connectivity index (χ0v) is 16.7. The molecule has 0 saturated heterocycles. The summed E-state index contributed by atoms with van der Waals surface area (Å²) in [7, 11) is 0. The van der Waals surface area contributed by atoms with E-state index in [0.29, 0.717) is 16.8 Å². The Morgan fingerprint density at radius 2 is 1.61 bits per heavy atom. The number of rotatable bonds is 6. The van der Waals surface area contributed by atoms with Gasteiger partial charge in [0, 0.05) is 24.5 Å². The Morgan fingerprint density at radius 1 is 1.04 bits per heavy atom. The number of hydrogen-bond donors (Lipinski definition) is 1. The second kappa shape index (κ2) is 7.84. The monoisotopic (exact) mass is 379 g/mol. The molecule has 0 saturated carbocycles. The van der Waals surface area contributed by atoms with Crippen molar-refractivity contribution in [1.29, 1.82) is 0 Å². The number of benzene rings is 2. The van der Waals surface area contributed by atoms with Crippen LogP contribution in [0.4, 0.5) is 11.4 Å². The van der Waals surface area contributed by atoms with Gasteiger partial charge in [-0.05, 0) is 63.6 Å². The van der Waals surface area contributed by atoms with Gasteiger partial charge in [-0.15, -0.1) is 0 Å². The van der Waals surface area contributed by atoms with Gasteiger partial charge in [0.1, 0.15) is 6.04 Å². The fourth-order valence-electron chi connectivity index (χ4n) is 3.49. The van der Waals surface area contributed by atoms with Gasteiger partial charge in [-0.3, -0.25) is 19.3 Å². The fourth-order valence-corrected chi connectivity index (χ4v) is 3.49. The highest BCUT2D eigenvalue weighted by atomic mass is 16.2. The summed E-state index contributed by atoms with van der Waals surface area (Å²) in [6.45, 7) is 9.49. The smallest absolute Gasteiger partial charge is 0.262 e. The lowest BCUT2D eigenvalue weighted by Gasteiger charge is -2.24. The van der Waals surface area contributed by atoms with E-state index >= 15 is 0 Å². The van der Waals surface area contributed by atoms with Crippen LogP contribution in [-0.4, -0.2) is 41.8 Å². The predicted molar refractivity (Wildman–Crippen MR) is 110 cm³/mol. The number of aryl methyl sites for hydroxylation is 1. The third-order valence-electron chi connectivity index (χ3n) is 5.19. The van der Waals surface area contributed by atoms with E-state index in [4.69, 9.17) is 0 Å². The Morgan fingerprint density at radius 3 is 2.11 bits per heavy atom. The van der Waals surface area contributed by atoms with Gasteiger partial charge >= 0.3 is 0 Å². The molecule has 1 N–H and O–H groups in total. The van der Waals surface area contributed by atoms with E-state index in [2.05, 4.69) is 24.1 Å².